The molecule has 0 aliphatic carbocycles. The lowest BCUT2D eigenvalue weighted by atomic mass is 10.1. The van der Waals surface area contributed by atoms with Crippen molar-refractivity contribution in [1.29, 1.82) is 0 Å². The van der Waals surface area contributed by atoms with Crippen molar-refractivity contribution in [3.05, 3.63) is 47.0 Å². The van der Waals surface area contributed by atoms with Gasteiger partial charge in [-0.3, -0.25) is 0 Å². The minimum absolute atomic E-state index is 0.820. The smallest absolute Gasteiger partial charge is 0.0484 e. The average molecular weight is 256 g/mol. The lowest BCUT2D eigenvalue weighted by Gasteiger charge is -2.04. The van der Waals surface area contributed by atoms with E-state index in [4.69, 9.17) is 11.6 Å². The third-order valence-corrected chi connectivity index (χ3v) is 3.04. The molecule has 0 nitrogen and oxygen atoms in total. The largest absolute Gasteiger partial charge is 0.0876 e. The van der Waals surface area contributed by atoms with Gasteiger partial charge in [-0.05, 0) is 17.0 Å². The molecule has 0 amide bonds. The van der Waals surface area contributed by atoms with E-state index in [1.54, 1.807) is 0 Å². The molecule has 0 fully saturated rings. The minimum Gasteiger partial charge on any atom is -0.0876 e. The molecule has 13 heavy (non-hydrogen) atoms. The maximum Gasteiger partial charge on any atom is 0.0484 e. The molecule has 0 aromatic heterocycles. The number of alkyl halides is 1. The SMILES string of the molecule is Clc1cccc2c(CBr)cccc12. The van der Waals surface area contributed by atoms with Gasteiger partial charge in [-0.2, -0.15) is 0 Å². The molecule has 0 unspecified atom stereocenters. The van der Waals surface area contributed by atoms with Gasteiger partial charge in [0.15, 0.2) is 0 Å². The first-order valence-electron chi connectivity index (χ1n) is 4.05. The van der Waals surface area contributed by atoms with Gasteiger partial charge in [0.05, 0.1) is 0 Å². The summed E-state index contributed by atoms with van der Waals surface area (Å²) < 4.78 is 0. The number of fused-ring (bicyclic) bond motifs is 1. The van der Waals surface area contributed by atoms with E-state index in [1.807, 2.05) is 24.3 Å². The normalized spacial score (nSPS) is 10.6. The second-order valence-electron chi connectivity index (χ2n) is 2.89. The Morgan fingerprint density at radius 1 is 1.00 bits per heavy atom. The van der Waals surface area contributed by atoms with E-state index in [2.05, 4.69) is 28.1 Å². The second kappa shape index (κ2) is 3.69. The van der Waals surface area contributed by atoms with Crippen LogP contribution in [0.5, 0.6) is 0 Å². The van der Waals surface area contributed by atoms with Crippen LogP contribution in [0.3, 0.4) is 0 Å². The molecule has 0 heterocycles. The second-order valence-corrected chi connectivity index (χ2v) is 3.85. The Kier molecular flexibility index (Phi) is 2.56. The maximum atomic E-state index is 6.07. The Bertz CT molecular complexity index is 437. The van der Waals surface area contributed by atoms with Crippen molar-refractivity contribution in [2.75, 3.05) is 0 Å². The molecular weight excluding hydrogens is 247 g/mol. The summed E-state index contributed by atoms with van der Waals surface area (Å²) in [7, 11) is 0. The first kappa shape index (κ1) is 9.04. The molecule has 0 saturated carbocycles. The van der Waals surface area contributed by atoms with Crippen LogP contribution >= 0.6 is 27.5 Å². The van der Waals surface area contributed by atoms with Gasteiger partial charge in [0.25, 0.3) is 0 Å². The molecule has 66 valence electrons. The van der Waals surface area contributed by atoms with Crippen LogP contribution < -0.4 is 0 Å². The molecule has 0 aliphatic rings. The van der Waals surface area contributed by atoms with Gasteiger partial charge in [-0.25, -0.2) is 0 Å². The molecular formula is C11H8BrCl. The summed E-state index contributed by atoms with van der Waals surface area (Å²) in [4.78, 5) is 0. The highest BCUT2D eigenvalue weighted by molar-refractivity contribution is 9.08. The maximum absolute atomic E-state index is 6.07. The fourth-order valence-electron chi connectivity index (χ4n) is 1.45. The van der Waals surface area contributed by atoms with Crippen LogP contribution in [-0.2, 0) is 5.33 Å². The molecule has 2 heteroatoms. The predicted octanol–water partition coefficient (Wildman–Crippen LogP) is 4.39. The van der Waals surface area contributed by atoms with Crippen LogP contribution in [0, 0.1) is 0 Å². The van der Waals surface area contributed by atoms with Gasteiger partial charge in [-0.15, -0.1) is 0 Å². The molecule has 0 spiro atoms. The predicted molar refractivity (Wildman–Crippen MR) is 61.6 cm³/mol. The molecule has 0 aliphatic heterocycles. The van der Waals surface area contributed by atoms with Crippen molar-refractivity contribution in [2.45, 2.75) is 5.33 Å². The Labute approximate surface area is 90.6 Å². The van der Waals surface area contributed by atoms with Crippen LogP contribution in [-0.4, -0.2) is 0 Å². The van der Waals surface area contributed by atoms with E-state index in [0.29, 0.717) is 0 Å². The highest BCUT2D eigenvalue weighted by atomic mass is 79.9. The Balaban J connectivity index is 2.84. The topological polar surface area (TPSA) is 0 Å². The van der Waals surface area contributed by atoms with Gasteiger partial charge >= 0.3 is 0 Å². The third kappa shape index (κ3) is 1.59. The van der Waals surface area contributed by atoms with E-state index in [0.717, 1.165) is 15.7 Å². The van der Waals surface area contributed by atoms with E-state index in [1.165, 1.54) is 10.9 Å². The Hall–Kier alpha value is -0.530. The molecule has 2 aromatic rings. The molecule has 0 saturated heterocycles. The zero-order chi connectivity index (χ0) is 9.26. The summed E-state index contributed by atoms with van der Waals surface area (Å²) in [5, 5.41) is 4.04. The van der Waals surface area contributed by atoms with E-state index >= 15 is 0 Å². The first-order chi connectivity index (χ1) is 6.33. The van der Waals surface area contributed by atoms with E-state index < -0.39 is 0 Å². The van der Waals surface area contributed by atoms with Gasteiger partial charge in [-0.1, -0.05) is 57.9 Å². The molecule has 0 radical (unpaired) electrons. The lowest BCUT2D eigenvalue weighted by molar-refractivity contribution is 1.49. The monoisotopic (exact) mass is 254 g/mol. The molecule has 0 bridgehead atoms. The number of benzene rings is 2. The standard InChI is InChI=1S/C11H8BrCl/c12-7-8-3-1-5-10-9(8)4-2-6-11(10)13/h1-6H,7H2. The fourth-order valence-corrected chi connectivity index (χ4v) is 2.18. The summed E-state index contributed by atoms with van der Waals surface area (Å²) in [6.07, 6.45) is 0. The Morgan fingerprint density at radius 2 is 1.69 bits per heavy atom. The van der Waals surface area contributed by atoms with Crippen LogP contribution in [0.15, 0.2) is 36.4 Å². The lowest BCUT2D eigenvalue weighted by Crippen LogP contribution is -1.81. The first-order valence-corrected chi connectivity index (χ1v) is 5.55. The summed E-state index contributed by atoms with van der Waals surface area (Å²) >= 11 is 9.53. The van der Waals surface area contributed by atoms with Crippen LogP contribution in [0.4, 0.5) is 0 Å². The highest BCUT2D eigenvalue weighted by Crippen LogP contribution is 2.26. The number of rotatable bonds is 1. The van der Waals surface area contributed by atoms with E-state index in [-0.39, 0.29) is 0 Å². The van der Waals surface area contributed by atoms with Crippen molar-refractivity contribution < 1.29 is 0 Å². The zero-order valence-corrected chi connectivity index (χ0v) is 9.27. The summed E-state index contributed by atoms with van der Waals surface area (Å²) in [6, 6.07) is 12.2. The molecule has 2 rings (SSSR count). The van der Waals surface area contributed by atoms with Crippen LogP contribution in [0.25, 0.3) is 10.8 Å². The molecule has 2 aromatic carbocycles. The molecule has 0 N–H and O–H groups in total. The van der Waals surface area contributed by atoms with Gasteiger partial charge in [0.2, 0.25) is 0 Å². The number of hydrogen-bond donors (Lipinski definition) is 0. The van der Waals surface area contributed by atoms with Crippen LogP contribution in [0.2, 0.25) is 5.02 Å². The van der Waals surface area contributed by atoms with Gasteiger partial charge in [0, 0.05) is 15.7 Å². The quantitative estimate of drug-likeness (QED) is 0.663. The molecule has 0 atom stereocenters. The van der Waals surface area contributed by atoms with Crippen molar-refractivity contribution >= 4 is 38.3 Å². The van der Waals surface area contributed by atoms with Crippen molar-refractivity contribution in [1.82, 2.24) is 0 Å². The van der Waals surface area contributed by atoms with E-state index in [9.17, 15) is 0 Å². The van der Waals surface area contributed by atoms with Crippen molar-refractivity contribution in [3.8, 4) is 0 Å². The summed E-state index contributed by atoms with van der Waals surface area (Å²) in [5.74, 6) is 0. The highest BCUT2D eigenvalue weighted by Gasteiger charge is 2.01. The fraction of sp³-hybridized carbons (Fsp3) is 0.0909. The van der Waals surface area contributed by atoms with Crippen molar-refractivity contribution in [3.63, 3.8) is 0 Å². The summed E-state index contributed by atoms with van der Waals surface area (Å²) in [6.45, 7) is 0. The van der Waals surface area contributed by atoms with Gasteiger partial charge < -0.3 is 0 Å². The van der Waals surface area contributed by atoms with Crippen LogP contribution in [0.1, 0.15) is 5.56 Å². The summed E-state index contributed by atoms with van der Waals surface area (Å²) in [5.41, 5.74) is 1.28. The number of halogens is 2. The number of hydrogen-bond acceptors (Lipinski definition) is 0. The van der Waals surface area contributed by atoms with Gasteiger partial charge in [0.1, 0.15) is 0 Å². The Morgan fingerprint density at radius 3 is 2.46 bits per heavy atom. The average Bonchev–Trinajstić information content (AvgIpc) is 2.18. The minimum atomic E-state index is 0.820. The van der Waals surface area contributed by atoms with Crippen molar-refractivity contribution in [2.24, 2.45) is 0 Å². The zero-order valence-electron chi connectivity index (χ0n) is 6.93. The third-order valence-electron chi connectivity index (χ3n) is 2.10.